The van der Waals surface area contributed by atoms with E-state index in [1.807, 2.05) is 7.05 Å². The molecule has 1 aromatic rings. The van der Waals surface area contributed by atoms with Crippen LogP contribution in [0.3, 0.4) is 0 Å². The third-order valence-corrected chi connectivity index (χ3v) is 4.06. The van der Waals surface area contributed by atoms with Crippen LogP contribution in [0.5, 0.6) is 0 Å². The van der Waals surface area contributed by atoms with E-state index in [0.29, 0.717) is 5.92 Å². The molecule has 0 spiro atoms. The number of hydrogen-bond acceptors (Lipinski definition) is 3. The van der Waals surface area contributed by atoms with Crippen LogP contribution in [0, 0.1) is 5.92 Å². The van der Waals surface area contributed by atoms with Gasteiger partial charge in [0.05, 0.1) is 6.20 Å². The molecular weight excluding hydrogens is 240 g/mol. The molecule has 0 aliphatic heterocycles. The topological polar surface area (TPSA) is 72.9 Å². The van der Waals surface area contributed by atoms with Crippen LogP contribution in [-0.4, -0.2) is 21.7 Å². The zero-order chi connectivity index (χ0) is 13.8. The summed E-state index contributed by atoms with van der Waals surface area (Å²) in [4.78, 5) is 12.2. The van der Waals surface area contributed by atoms with E-state index in [2.05, 4.69) is 17.3 Å². The zero-order valence-electron chi connectivity index (χ0n) is 11.8. The molecule has 2 rings (SSSR count). The van der Waals surface area contributed by atoms with Crippen molar-refractivity contribution in [1.29, 1.82) is 0 Å². The first-order chi connectivity index (χ1) is 9.08. The number of nitrogens with two attached hydrogens (primary N) is 1. The Balaban J connectivity index is 1.95. The summed E-state index contributed by atoms with van der Waals surface area (Å²) < 4.78 is 1.66. The van der Waals surface area contributed by atoms with Crippen LogP contribution in [0.1, 0.15) is 50.6 Å². The van der Waals surface area contributed by atoms with Gasteiger partial charge in [0.15, 0.2) is 0 Å². The molecule has 1 saturated carbocycles. The maximum absolute atomic E-state index is 12.2. The molecule has 5 heteroatoms. The van der Waals surface area contributed by atoms with E-state index < -0.39 is 6.04 Å². The largest absolute Gasteiger partial charge is 0.351 e. The Morgan fingerprint density at radius 1 is 1.47 bits per heavy atom. The van der Waals surface area contributed by atoms with Crippen LogP contribution in [0.15, 0.2) is 12.4 Å². The molecule has 1 aromatic heterocycles. The lowest BCUT2D eigenvalue weighted by Gasteiger charge is -2.24. The van der Waals surface area contributed by atoms with E-state index in [9.17, 15) is 4.79 Å². The van der Waals surface area contributed by atoms with Gasteiger partial charge in [0.25, 0.3) is 0 Å². The summed E-state index contributed by atoms with van der Waals surface area (Å²) in [6.45, 7) is 2.21. The van der Waals surface area contributed by atoms with Gasteiger partial charge >= 0.3 is 0 Å². The van der Waals surface area contributed by atoms with Gasteiger partial charge in [-0.05, 0) is 18.8 Å². The Labute approximate surface area is 114 Å². The van der Waals surface area contributed by atoms with Crippen LogP contribution < -0.4 is 11.1 Å². The Bertz CT molecular complexity index is 429. The van der Waals surface area contributed by atoms with Crippen molar-refractivity contribution in [3.05, 3.63) is 18.0 Å². The highest BCUT2D eigenvalue weighted by molar-refractivity contribution is 5.83. The number of nitrogens with zero attached hydrogens (tertiary/aromatic N) is 2. The van der Waals surface area contributed by atoms with E-state index in [1.165, 1.54) is 25.7 Å². The monoisotopic (exact) mass is 264 g/mol. The molecule has 106 valence electrons. The minimum Gasteiger partial charge on any atom is -0.351 e. The SMILES string of the molecule is CC1CCCCCC1NC(=O)C(N)c1cnn(C)c1. The van der Waals surface area contributed by atoms with E-state index in [0.717, 1.165) is 12.0 Å². The summed E-state index contributed by atoms with van der Waals surface area (Å²) in [5.41, 5.74) is 6.75. The third kappa shape index (κ3) is 3.56. The Kier molecular flexibility index (Phi) is 4.58. The van der Waals surface area contributed by atoms with Crippen molar-refractivity contribution in [3.8, 4) is 0 Å². The number of carbonyl (C=O) groups excluding carboxylic acids is 1. The van der Waals surface area contributed by atoms with Gasteiger partial charge in [-0.25, -0.2) is 0 Å². The Hall–Kier alpha value is -1.36. The summed E-state index contributed by atoms with van der Waals surface area (Å²) in [5, 5.41) is 7.17. The molecule has 1 fully saturated rings. The number of amides is 1. The van der Waals surface area contributed by atoms with Crippen molar-refractivity contribution in [2.45, 2.75) is 51.1 Å². The first kappa shape index (κ1) is 14.1. The van der Waals surface area contributed by atoms with Crippen LogP contribution >= 0.6 is 0 Å². The van der Waals surface area contributed by atoms with Gasteiger partial charge in [-0.3, -0.25) is 9.48 Å². The standard InChI is InChI=1S/C14H24N4O/c1-10-6-4-3-5-7-12(10)17-14(19)13(15)11-8-16-18(2)9-11/h8-10,12-13H,3-7,15H2,1-2H3,(H,17,19). The second-order valence-corrected chi connectivity index (χ2v) is 5.66. The number of carbonyl (C=O) groups is 1. The average Bonchev–Trinajstić information content (AvgIpc) is 2.72. The van der Waals surface area contributed by atoms with Gasteiger partial charge in [-0.2, -0.15) is 5.10 Å². The maximum Gasteiger partial charge on any atom is 0.241 e. The molecule has 19 heavy (non-hydrogen) atoms. The molecule has 1 aliphatic carbocycles. The molecule has 0 bridgehead atoms. The van der Waals surface area contributed by atoms with Crippen molar-refractivity contribution < 1.29 is 4.79 Å². The molecule has 3 atom stereocenters. The Morgan fingerprint density at radius 2 is 2.21 bits per heavy atom. The fraction of sp³-hybridized carbons (Fsp3) is 0.714. The highest BCUT2D eigenvalue weighted by Gasteiger charge is 2.25. The molecule has 1 amide bonds. The van der Waals surface area contributed by atoms with Crippen molar-refractivity contribution in [3.63, 3.8) is 0 Å². The summed E-state index contributed by atoms with van der Waals surface area (Å²) in [6.07, 6.45) is 9.42. The minimum atomic E-state index is -0.621. The van der Waals surface area contributed by atoms with Crippen LogP contribution in [0.4, 0.5) is 0 Å². The average molecular weight is 264 g/mol. The van der Waals surface area contributed by atoms with E-state index in [-0.39, 0.29) is 11.9 Å². The molecule has 5 nitrogen and oxygen atoms in total. The summed E-state index contributed by atoms with van der Waals surface area (Å²) in [5.74, 6) is 0.444. The molecule has 0 aromatic carbocycles. The molecule has 0 radical (unpaired) electrons. The first-order valence-electron chi connectivity index (χ1n) is 7.12. The van der Waals surface area contributed by atoms with Gasteiger partial charge in [0, 0.05) is 24.8 Å². The molecule has 0 saturated heterocycles. The van der Waals surface area contributed by atoms with Gasteiger partial charge in [0.2, 0.25) is 5.91 Å². The lowest BCUT2D eigenvalue weighted by atomic mass is 9.96. The lowest BCUT2D eigenvalue weighted by Crippen LogP contribution is -2.43. The zero-order valence-corrected chi connectivity index (χ0v) is 11.8. The fourth-order valence-corrected chi connectivity index (χ4v) is 2.73. The quantitative estimate of drug-likeness (QED) is 0.813. The summed E-state index contributed by atoms with van der Waals surface area (Å²) in [7, 11) is 1.82. The van der Waals surface area contributed by atoms with Gasteiger partial charge in [-0.15, -0.1) is 0 Å². The van der Waals surface area contributed by atoms with Crippen LogP contribution in [0.2, 0.25) is 0 Å². The smallest absolute Gasteiger partial charge is 0.241 e. The predicted octanol–water partition coefficient (Wildman–Crippen LogP) is 1.50. The van der Waals surface area contributed by atoms with Gasteiger partial charge in [-0.1, -0.05) is 26.2 Å². The second kappa shape index (κ2) is 6.19. The van der Waals surface area contributed by atoms with E-state index in [1.54, 1.807) is 17.1 Å². The molecule has 1 aliphatic rings. The normalized spacial score (nSPS) is 25.6. The van der Waals surface area contributed by atoms with Crippen molar-refractivity contribution in [2.75, 3.05) is 0 Å². The Morgan fingerprint density at radius 3 is 2.89 bits per heavy atom. The fourth-order valence-electron chi connectivity index (χ4n) is 2.73. The summed E-state index contributed by atoms with van der Waals surface area (Å²) >= 11 is 0. The highest BCUT2D eigenvalue weighted by atomic mass is 16.2. The molecular formula is C14H24N4O. The van der Waals surface area contributed by atoms with Crippen molar-refractivity contribution in [1.82, 2.24) is 15.1 Å². The van der Waals surface area contributed by atoms with Crippen molar-refractivity contribution in [2.24, 2.45) is 18.7 Å². The number of nitrogens with one attached hydrogen (secondary N) is 1. The maximum atomic E-state index is 12.2. The minimum absolute atomic E-state index is 0.0910. The summed E-state index contributed by atoms with van der Waals surface area (Å²) in [6, 6.07) is -0.359. The van der Waals surface area contributed by atoms with E-state index >= 15 is 0 Å². The highest BCUT2D eigenvalue weighted by Crippen LogP contribution is 2.23. The van der Waals surface area contributed by atoms with Crippen LogP contribution in [-0.2, 0) is 11.8 Å². The van der Waals surface area contributed by atoms with Crippen LogP contribution in [0.25, 0.3) is 0 Å². The third-order valence-electron chi connectivity index (χ3n) is 4.06. The van der Waals surface area contributed by atoms with Gasteiger partial charge < -0.3 is 11.1 Å². The predicted molar refractivity (Wildman–Crippen MR) is 74.3 cm³/mol. The lowest BCUT2D eigenvalue weighted by molar-refractivity contribution is -0.123. The number of rotatable bonds is 3. The number of aromatic nitrogens is 2. The van der Waals surface area contributed by atoms with Crippen molar-refractivity contribution >= 4 is 5.91 Å². The molecule has 3 unspecified atom stereocenters. The molecule has 1 heterocycles. The second-order valence-electron chi connectivity index (χ2n) is 5.66. The van der Waals surface area contributed by atoms with Gasteiger partial charge in [0.1, 0.15) is 6.04 Å². The molecule has 3 N–H and O–H groups in total. The number of aryl methyl sites for hydroxylation is 1. The number of hydrogen-bond donors (Lipinski definition) is 2. The van der Waals surface area contributed by atoms with E-state index in [4.69, 9.17) is 5.73 Å². The first-order valence-corrected chi connectivity index (χ1v) is 7.12.